The number of fused-ring (bicyclic) bond motifs is 1. The lowest BCUT2D eigenvalue weighted by Crippen LogP contribution is -2.39. The van der Waals surface area contributed by atoms with Crippen LogP contribution in [0.25, 0.3) is 0 Å². The number of alkyl halides is 3. The second kappa shape index (κ2) is 11.2. The number of allylic oxidation sites excluding steroid dienone is 2. The zero-order chi connectivity index (χ0) is 26.9. The predicted octanol–water partition coefficient (Wildman–Crippen LogP) is 7.89. The molecule has 0 aromatic heterocycles. The fraction of sp³-hybridized carbons (Fsp3) is 0.433. The van der Waals surface area contributed by atoms with Gasteiger partial charge in [0.2, 0.25) is 0 Å². The molecular formula is C30H31ClF4N2O. The summed E-state index contributed by atoms with van der Waals surface area (Å²) in [7, 11) is 0. The SMILES string of the molecule is O=C(c1ccc(F)cc1)N1CCC2=C(Cl)CCCC2=C1CCN1CCC(c2cccc(C(F)(F)F)c2)CC1. The highest BCUT2D eigenvalue weighted by Crippen LogP contribution is 2.41. The van der Waals surface area contributed by atoms with Gasteiger partial charge in [-0.2, -0.15) is 13.2 Å². The average Bonchev–Trinajstić information content (AvgIpc) is 2.92. The van der Waals surface area contributed by atoms with Gasteiger partial charge in [0, 0.05) is 35.8 Å². The van der Waals surface area contributed by atoms with Crippen LogP contribution >= 0.6 is 11.6 Å². The molecule has 0 N–H and O–H groups in total. The highest BCUT2D eigenvalue weighted by molar-refractivity contribution is 6.30. The molecule has 0 saturated carbocycles. The first kappa shape index (κ1) is 26.9. The molecule has 1 aliphatic carbocycles. The number of amides is 1. The van der Waals surface area contributed by atoms with E-state index in [0.717, 1.165) is 74.1 Å². The second-order valence-electron chi connectivity index (χ2n) is 10.4. The van der Waals surface area contributed by atoms with Crippen LogP contribution in [0.5, 0.6) is 0 Å². The third-order valence-electron chi connectivity index (χ3n) is 8.05. The summed E-state index contributed by atoms with van der Waals surface area (Å²) in [4.78, 5) is 17.6. The monoisotopic (exact) mass is 546 g/mol. The highest BCUT2D eigenvalue weighted by Gasteiger charge is 2.33. The van der Waals surface area contributed by atoms with Crippen LogP contribution in [0.15, 0.2) is 70.4 Å². The van der Waals surface area contributed by atoms with Crippen molar-refractivity contribution in [2.24, 2.45) is 0 Å². The molecular weight excluding hydrogens is 516 g/mol. The van der Waals surface area contributed by atoms with Gasteiger partial charge in [-0.15, -0.1) is 0 Å². The van der Waals surface area contributed by atoms with Crippen LogP contribution in [0.1, 0.15) is 72.3 Å². The van der Waals surface area contributed by atoms with Crippen molar-refractivity contribution < 1.29 is 22.4 Å². The summed E-state index contributed by atoms with van der Waals surface area (Å²) in [6.07, 6.45) is 1.34. The molecule has 0 bridgehead atoms. The van der Waals surface area contributed by atoms with Crippen LogP contribution in [0.4, 0.5) is 17.6 Å². The lowest BCUT2D eigenvalue weighted by molar-refractivity contribution is -0.137. The standard InChI is InChI=1S/C30H31ClF4N2O/c31-27-6-2-5-26-25(27)13-18-37(29(38)21-7-9-24(32)10-8-21)28(26)14-17-36-15-11-20(12-16-36)22-3-1-4-23(19-22)30(33,34)35/h1,3-4,7-10,19-20H,2,5-6,11-18H2. The molecule has 1 amide bonds. The first-order valence-corrected chi connectivity index (χ1v) is 13.7. The maximum Gasteiger partial charge on any atom is 0.416 e. The normalized spacial score (nSPS) is 19.7. The zero-order valence-corrected chi connectivity index (χ0v) is 21.9. The average molecular weight is 547 g/mol. The minimum atomic E-state index is -4.34. The van der Waals surface area contributed by atoms with Crippen LogP contribution in [-0.4, -0.2) is 41.9 Å². The van der Waals surface area contributed by atoms with Crippen molar-refractivity contribution >= 4 is 17.5 Å². The number of carbonyl (C=O) groups excluding carboxylic acids is 1. The Morgan fingerprint density at radius 2 is 1.68 bits per heavy atom. The Morgan fingerprint density at radius 3 is 2.39 bits per heavy atom. The van der Waals surface area contributed by atoms with Crippen LogP contribution in [0.3, 0.4) is 0 Å². The summed E-state index contributed by atoms with van der Waals surface area (Å²) in [5.41, 5.74) is 3.95. The van der Waals surface area contributed by atoms with Gasteiger partial charge in [-0.05, 0) is 105 Å². The molecule has 8 heteroatoms. The minimum absolute atomic E-state index is 0.105. The van der Waals surface area contributed by atoms with Gasteiger partial charge in [-0.3, -0.25) is 4.79 Å². The number of nitrogens with zero attached hydrogens (tertiary/aromatic N) is 2. The van der Waals surface area contributed by atoms with Crippen molar-refractivity contribution in [3.8, 4) is 0 Å². The van der Waals surface area contributed by atoms with Crippen LogP contribution in [-0.2, 0) is 6.18 Å². The molecule has 38 heavy (non-hydrogen) atoms. The van der Waals surface area contributed by atoms with Crippen LogP contribution in [0.2, 0.25) is 0 Å². The molecule has 2 aliphatic heterocycles. The molecule has 2 aromatic rings. The third kappa shape index (κ3) is 5.84. The van der Waals surface area contributed by atoms with Crippen LogP contribution < -0.4 is 0 Å². The fourth-order valence-electron chi connectivity index (χ4n) is 5.99. The van der Waals surface area contributed by atoms with E-state index in [9.17, 15) is 22.4 Å². The van der Waals surface area contributed by atoms with Gasteiger partial charge in [-0.1, -0.05) is 29.8 Å². The smallest absolute Gasteiger partial charge is 0.311 e. The molecule has 1 fully saturated rings. The number of benzene rings is 2. The molecule has 1 saturated heterocycles. The molecule has 5 rings (SSSR count). The van der Waals surface area contributed by atoms with E-state index in [2.05, 4.69) is 4.90 Å². The van der Waals surface area contributed by atoms with E-state index in [4.69, 9.17) is 11.6 Å². The summed E-state index contributed by atoms with van der Waals surface area (Å²) in [5.74, 6) is -0.401. The second-order valence-corrected chi connectivity index (χ2v) is 10.8. The Bertz CT molecular complexity index is 1240. The number of piperidine rings is 1. The molecule has 202 valence electrons. The van der Waals surface area contributed by atoms with Crippen molar-refractivity contribution in [2.45, 2.75) is 57.0 Å². The summed E-state index contributed by atoms with van der Waals surface area (Å²) < 4.78 is 52.9. The molecule has 2 heterocycles. The Balaban J connectivity index is 1.29. The van der Waals surface area contributed by atoms with Crippen molar-refractivity contribution in [3.63, 3.8) is 0 Å². The first-order valence-electron chi connectivity index (χ1n) is 13.3. The van der Waals surface area contributed by atoms with E-state index < -0.39 is 11.7 Å². The predicted molar refractivity (Wildman–Crippen MR) is 140 cm³/mol. The van der Waals surface area contributed by atoms with E-state index in [1.165, 1.54) is 47.5 Å². The summed E-state index contributed by atoms with van der Waals surface area (Å²) >= 11 is 6.60. The van der Waals surface area contributed by atoms with Crippen molar-refractivity contribution in [1.29, 1.82) is 0 Å². The summed E-state index contributed by atoms with van der Waals surface area (Å²) in [6, 6.07) is 11.4. The third-order valence-corrected chi connectivity index (χ3v) is 8.47. The van der Waals surface area contributed by atoms with E-state index in [1.54, 1.807) is 6.07 Å². The summed E-state index contributed by atoms with van der Waals surface area (Å²) in [6.45, 7) is 2.88. The summed E-state index contributed by atoms with van der Waals surface area (Å²) in [5, 5.41) is 0.888. The first-order chi connectivity index (χ1) is 18.2. The molecule has 3 aliphatic rings. The largest absolute Gasteiger partial charge is 0.416 e. The quantitative estimate of drug-likeness (QED) is 0.356. The van der Waals surface area contributed by atoms with Gasteiger partial charge in [0.25, 0.3) is 5.91 Å². The maximum atomic E-state index is 13.5. The minimum Gasteiger partial charge on any atom is -0.311 e. The van der Waals surface area contributed by atoms with E-state index >= 15 is 0 Å². The Morgan fingerprint density at radius 1 is 0.947 bits per heavy atom. The Kier molecular flexibility index (Phi) is 7.96. The number of carbonyl (C=O) groups is 1. The maximum absolute atomic E-state index is 13.5. The van der Waals surface area contributed by atoms with Gasteiger partial charge in [0.05, 0.1) is 5.56 Å². The number of hydrogen-bond acceptors (Lipinski definition) is 2. The number of likely N-dealkylation sites (tertiary alicyclic amines) is 1. The Labute approximate surface area is 225 Å². The topological polar surface area (TPSA) is 23.6 Å². The van der Waals surface area contributed by atoms with Gasteiger partial charge in [0.15, 0.2) is 0 Å². The van der Waals surface area contributed by atoms with Crippen molar-refractivity contribution in [1.82, 2.24) is 9.80 Å². The Hall–Kier alpha value is -2.64. The van der Waals surface area contributed by atoms with Gasteiger partial charge < -0.3 is 9.80 Å². The highest BCUT2D eigenvalue weighted by atomic mass is 35.5. The number of rotatable bonds is 5. The van der Waals surface area contributed by atoms with Crippen molar-refractivity contribution in [3.05, 3.63) is 92.9 Å². The lowest BCUT2D eigenvalue weighted by Gasteiger charge is -2.38. The van der Waals surface area contributed by atoms with Gasteiger partial charge >= 0.3 is 6.18 Å². The molecule has 0 atom stereocenters. The molecule has 0 radical (unpaired) electrons. The molecule has 0 spiro atoms. The molecule has 2 aromatic carbocycles. The van der Waals surface area contributed by atoms with Crippen LogP contribution in [0, 0.1) is 5.82 Å². The van der Waals surface area contributed by atoms with E-state index in [1.807, 2.05) is 4.90 Å². The van der Waals surface area contributed by atoms with E-state index in [0.29, 0.717) is 24.9 Å². The van der Waals surface area contributed by atoms with E-state index in [-0.39, 0.29) is 17.6 Å². The number of halogens is 5. The van der Waals surface area contributed by atoms with Gasteiger partial charge in [-0.25, -0.2) is 4.39 Å². The molecule has 3 nitrogen and oxygen atoms in total. The van der Waals surface area contributed by atoms with Gasteiger partial charge in [0.1, 0.15) is 5.82 Å². The molecule has 0 unspecified atom stereocenters. The lowest BCUT2D eigenvalue weighted by atomic mass is 9.85. The zero-order valence-electron chi connectivity index (χ0n) is 21.2. The fourth-order valence-corrected chi connectivity index (χ4v) is 6.34. The van der Waals surface area contributed by atoms with Crippen molar-refractivity contribution in [2.75, 3.05) is 26.2 Å². The number of hydrogen-bond donors (Lipinski definition) is 0.